The molecular formula is C31H38FN7O4. The number of ether oxygens (including phenoxy) is 1. The van der Waals surface area contributed by atoms with E-state index in [1.54, 1.807) is 23.8 Å². The molecule has 12 heteroatoms. The van der Waals surface area contributed by atoms with Crippen molar-refractivity contribution in [3.63, 3.8) is 0 Å². The van der Waals surface area contributed by atoms with Crippen LogP contribution in [0.1, 0.15) is 68.3 Å². The Hall–Kier alpha value is -4.08. The van der Waals surface area contributed by atoms with Crippen LogP contribution in [0.5, 0.6) is 0 Å². The Morgan fingerprint density at radius 3 is 2.53 bits per heavy atom. The van der Waals surface area contributed by atoms with Gasteiger partial charge in [0.2, 0.25) is 5.91 Å². The van der Waals surface area contributed by atoms with E-state index < -0.39 is 23.1 Å². The van der Waals surface area contributed by atoms with E-state index in [4.69, 9.17) is 4.74 Å². The number of aliphatic hydroxyl groups is 1. The van der Waals surface area contributed by atoms with Crippen molar-refractivity contribution in [2.45, 2.75) is 69.7 Å². The summed E-state index contributed by atoms with van der Waals surface area (Å²) < 4.78 is 21.2. The van der Waals surface area contributed by atoms with Gasteiger partial charge in [-0.15, -0.1) is 0 Å². The van der Waals surface area contributed by atoms with Crippen LogP contribution in [0.3, 0.4) is 0 Å². The van der Waals surface area contributed by atoms with E-state index >= 15 is 0 Å². The molecule has 0 radical (unpaired) electrons. The first-order valence-electron chi connectivity index (χ1n) is 14.6. The minimum Gasteiger partial charge on any atom is -0.387 e. The van der Waals surface area contributed by atoms with E-state index in [1.165, 1.54) is 26.2 Å². The lowest BCUT2D eigenvalue weighted by Crippen LogP contribution is -2.56. The maximum absolute atomic E-state index is 14.5. The second-order valence-corrected chi connectivity index (χ2v) is 12.3. The van der Waals surface area contributed by atoms with Crippen LogP contribution < -0.4 is 16.0 Å². The Morgan fingerprint density at radius 1 is 1.16 bits per heavy atom. The molecule has 3 aliphatic rings. The predicted octanol–water partition coefficient (Wildman–Crippen LogP) is 3.37. The van der Waals surface area contributed by atoms with Crippen molar-refractivity contribution in [2.24, 2.45) is 5.41 Å². The molecule has 0 spiro atoms. The second-order valence-electron chi connectivity index (χ2n) is 12.3. The van der Waals surface area contributed by atoms with Gasteiger partial charge in [0.15, 0.2) is 0 Å². The first kappa shape index (κ1) is 30.4. The number of carbonyl (C=O) groups is 2. The summed E-state index contributed by atoms with van der Waals surface area (Å²) in [5.74, 6) is -0.441. The number of hydrogen-bond acceptors (Lipinski definition) is 8. The van der Waals surface area contributed by atoms with Gasteiger partial charge in [-0.05, 0) is 76.6 Å². The van der Waals surface area contributed by atoms with E-state index in [-0.39, 0.29) is 23.6 Å². The van der Waals surface area contributed by atoms with Gasteiger partial charge in [-0.1, -0.05) is 0 Å². The van der Waals surface area contributed by atoms with Gasteiger partial charge in [-0.3, -0.25) is 14.6 Å². The fraction of sp³-hybridized carbons (Fsp3) is 0.516. The summed E-state index contributed by atoms with van der Waals surface area (Å²) >= 11 is 0. The molecule has 3 aliphatic carbocycles. The van der Waals surface area contributed by atoms with Crippen LogP contribution in [0.4, 0.5) is 10.1 Å². The number of rotatable bonds is 11. The molecule has 0 aliphatic heterocycles. The minimum atomic E-state index is -1.66. The average Bonchev–Trinajstić information content (AvgIpc) is 3.43. The molecule has 3 saturated carbocycles. The Kier molecular flexibility index (Phi) is 8.40. The summed E-state index contributed by atoms with van der Waals surface area (Å²) in [6.45, 7) is 3.29. The van der Waals surface area contributed by atoms with Crippen LogP contribution in [-0.2, 0) is 9.53 Å². The summed E-state index contributed by atoms with van der Waals surface area (Å²) in [6, 6.07) is 9.31. The van der Waals surface area contributed by atoms with Gasteiger partial charge < -0.3 is 25.8 Å². The predicted molar refractivity (Wildman–Crippen MR) is 158 cm³/mol. The molecule has 0 aromatic carbocycles. The van der Waals surface area contributed by atoms with Crippen LogP contribution in [0, 0.1) is 16.7 Å². The third kappa shape index (κ3) is 6.19. The number of anilines is 1. The van der Waals surface area contributed by atoms with E-state index in [1.807, 2.05) is 12.1 Å². The van der Waals surface area contributed by atoms with Crippen molar-refractivity contribution >= 4 is 23.0 Å². The van der Waals surface area contributed by atoms with Crippen molar-refractivity contribution in [3.8, 4) is 17.5 Å². The minimum absolute atomic E-state index is 0.0730. The highest BCUT2D eigenvalue weighted by Gasteiger charge is 2.52. The van der Waals surface area contributed by atoms with E-state index in [9.17, 15) is 24.3 Å². The number of nitriles is 1. The lowest BCUT2D eigenvalue weighted by molar-refractivity contribution is -0.137. The maximum atomic E-state index is 14.5. The van der Waals surface area contributed by atoms with Crippen LogP contribution in [0.25, 0.3) is 16.9 Å². The monoisotopic (exact) mass is 591 g/mol. The highest BCUT2D eigenvalue weighted by atomic mass is 19.1. The summed E-state index contributed by atoms with van der Waals surface area (Å²) in [7, 11) is 1.61. The lowest BCUT2D eigenvalue weighted by atomic mass is 9.56. The summed E-state index contributed by atoms with van der Waals surface area (Å²) in [4.78, 5) is 31.0. The first-order chi connectivity index (χ1) is 20.5. The van der Waals surface area contributed by atoms with Crippen LogP contribution in [0.15, 0.2) is 36.7 Å². The molecule has 0 saturated heterocycles. The molecule has 43 heavy (non-hydrogen) atoms. The summed E-state index contributed by atoms with van der Waals surface area (Å²) in [5.41, 5.74) is 0.885. The number of hydrogen-bond donors (Lipinski definition) is 4. The fourth-order valence-electron chi connectivity index (χ4n) is 6.11. The standard InChI is InChI=1S/C31H38FN7O4/c1-29(2,42)26(32)19-36-27(40)22-18-35-24(25-5-4-21-14-20(16-33)17-37-39(21)25)15-23(22)38-31-9-6-30(7-10-31,8-11-31)28(41)34-12-13-43-3/h4-5,14-15,17-18,26,42H,6-13,19H2,1-3H3,(H,34,41)(H,35,38)(H,36,40)/t26-,30?,31?/m1/s1. The van der Waals surface area contributed by atoms with Gasteiger partial charge in [0.1, 0.15) is 12.2 Å². The zero-order valence-corrected chi connectivity index (χ0v) is 24.7. The van der Waals surface area contributed by atoms with Gasteiger partial charge in [0.05, 0.1) is 58.7 Å². The molecule has 3 heterocycles. The lowest BCUT2D eigenvalue weighted by Gasteiger charge is -2.53. The number of methoxy groups -OCH3 is 1. The Morgan fingerprint density at radius 2 is 1.88 bits per heavy atom. The molecule has 228 valence electrons. The number of pyridine rings is 1. The van der Waals surface area contributed by atoms with Crippen LogP contribution in [-0.4, -0.2) is 75.6 Å². The zero-order chi connectivity index (χ0) is 30.8. The molecule has 4 N–H and O–H groups in total. The molecule has 3 fully saturated rings. The normalized spacial score (nSPS) is 22.1. The zero-order valence-electron chi connectivity index (χ0n) is 24.7. The highest BCUT2D eigenvalue weighted by molar-refractivity contribution is 6.00. The van der Waals surface area contributed by atoms with Crippen molar-refractivity contribution in [2.75, 3.05) is 32.1 Å². The number of aromatic nitrogens is 3. The topological polar surface area (TPSA) is 154 Å². The third-order valence-electron chi connectivity index (χ3n) is 8.97. The fourth-order valence-corrected chi connectivity index (χ4v) is 6.11. The molecule has 11 nitrogen and oxygen atoms in total. The molecular weight excluding hydrogens is 553 g/mol. The Bertz CT molecular complexity index is 1530. The second kappa shape index (κ2) is 11.9. The molecule has 3 aromatic rings. The quantitative estimate of drug-likeness (QED) is 0.248. The summed E-state index contributed by atoms with van der Waals surface area (Å²) in [5, 5.41) is 32.9. The first-order valence-corrected chi connectivity index (χ1v) is 14.6. The number of fused-ring (bicyclic) bond motifs is 4. The van der Waals surface area contributed by atoms with E-state index in [0.717, 1.165) is 44.0 Å². The van der Waals surface area contributed by atoms with Crippen molar-refractivity contribution in [1.29, 1.82) is 5.26 Å². The molecule has 6 rings (SSSR count). The average molecular weight is 592 g/mol. The summed E-state index contributed by atoms with van der Waals surface area (Å²) in [6.07, 6.45) is 5.71. The maximum Gasteiger partial charge on any atom is 0.255 e. The Balaban J connectivity index is 1.43. The van der Waals surface area contributed by atoms with E-state index in [0.29, 0.717) is 35.8 Å². The number of alkyl halides is 1. The van der Waals surface area contributed by atoms with Gasteiger partial charge in [0.25, 0.3) is 5.91 Å². The number of carbonyl (C=O) groups excluding carboxylic acids is 2. The third-order valence-corrected chi connectivity index (χ3v) is 8.97. The SMILES string of the molecule is COCCNC(=O)C12CCC(Nc3cc(-c4ccc5cc(C#N)cnn45)ncc3C(=O)NC[C@@H](F)C(C)(C)O)(CC1)CC2. The molecule has 3 aromatic heterocycles. The van der Waals surface area contributed by atoms with Gasteiger partial charge in [0, 0.05) is 30.8 Å². The number of nitrogens with one attached hydrogen (secondary N) is 3. The van der Waals surface area contributed by atoms with Crippen LogP contribution >= 0.6 is 0 Å². The number of halogens is 1. The molecule has 2 amide bonds. The molecule has 0 unspecified atom stereocenters. The van der Waals surface area contributed by atoms with Crippen molar-refractivity contribution in [3.05, 3.63) is 47.8 Å². The van der Waals surface area contributed by atoms with Gasteiger partial charge >= 0.3 is 0 Å². The molecule has 1 atom stereocenters. The van der Waals surface area contributed by atoms with E-state index in [2.05, 4.69) is 32.1 Å². The van der Waals surface area contributed by atoms with Crippen LogP contribution in [0.2, 0.25) is 0 Å². The number of nitrogens with zero attached hydrogens (tertiary/aromatic N) is 4. The Labute approximate surface area is 249 Å². The van der Waals surface area contributed by atoms with Gasteiger partial charge in [-0.25, -0.2) is 8.91 Å². The van der Waals surface area contributed by atoms with Gasteiger partial charge in [-0.2, -0.15) is 10.4 Å². The van der Waals surface area contributed by atoms with Crippen molar-refractivity contribution in [1.82, 2.24) is 25.2 Å². The molecule has 2 bridgehead atoms. The smallest absolute Gasteiger partial charge is 0.255 e. The number of amides is 2. The van der Waals surface area contributed by atoms with Crippen molar-refractivity contribution < 1.29 is 23.8 Å². The highest BCUT2D eigenvalue weighted by Crippen LogP contribution is 2.53. The largest absolute Gasteiger partial charge is 0.387 e.